The van der Waals surface area contributed by atoms with Crippen molar-refractivity contribution in [3.05, 3.63) is 89.9 Å². The molecule has 29 heavy (non-hydrogen) atoms. The van der Waals surface area contributed by atoms with Crippen LogP contribution >= 0.6 is 0 Å². The third-order valence-electron chi connectivity index (χ3n) is 4.79. The van der Waals surface area contributed by atoms with E-state index >= 15 is 0 Å². The van der Waals surface area contributed by atoms with E-state index in [-0.39, 0.29) is 30.4 Å². The van der Waals surface area contributed by atoms with Crippen molar-refractivity contribution in [1.82, 2.24) is 10.6 Å². The zero-order valence-corrected chi connectivity index (χ0v) is 15.9. The highest BCUT2D eigenvalue weighted by atomic mass is 16.3. The zero-order valence-electron chi connectivity index (χ0n) is 15.9. The van der Waals surface area contributed by atoms with Crippen LogP contribution in [0.25, 0.3) is 0 Å². The highest BCUT2D eigenvalue weighted by Crippen LogP contribution is 2.23. The first-order valence-electron chi connectivity index (χ1n) is 9.72. The van der Waals surface area contributed by atoms with E-state index in [1.54, 1.807) is 30.5 Å². The van der Waals surface area contributed by atoms with Gasteiger partial charge < -0.3 is 15.1 Å². The molecule has 1 heterocycles. The van der Waals surface area contributed by atoms with Gasteiger partial charge >= 0.3 is 0 Å². The van der Waals surface area contributed by atoms with Crippen molar-refractivity contribution in [2.45, 2.75) is 24.9 Å². The topological polar surface area (TPSA) is 83.4 Å². The van der Waals surface area contributed by atoms with Crippen LogP contribution in [0.3, 0.4) is 0 Å². The molecule has 3 N–H and O–H groups in total. The second kappa shape index (κ2) is 8.75. The van der Waals surface area contributed by atoms with Crippen molar-refractivity contribution in [1.29, 1.82) is 0 Å². The molecule has 0 radical (unpaired) electrons. The Morgan fingerprint density at radius 3 is 2.45 bits per heavy atom. The third kappa shape index (κ3) is 4.92. The molecule has 1 atom stereocenters. The molecule has 6 heteroatoms. The molecule has 0 aliphatic heterocycles. The first-order chi connectivity index (χ1) is 14.2. The van der Waals surface area contributed by atoms with E-state index in [4.69, 9.17) is 4.42 Å². The Kier molecular flexibility index (Phi) is 5.72. The maximum Gasteiger partial charge on any atom is 0.253 e. The summed E-state index contributed by atoms with van der Waals surface area (Å²) in [6, 6.07) is 20.6. The number of nitrogens with one attached hydrogen (secondary N) is 3. The predicted octanol–water partition coefficient (Wildman–Crippen LogP) is 3.49. The predicted molar refractivity (Wildman–Crippen MR) is 111 cm³/mol. The van der Waals surface area contributed by atoms with Crippen molar-refractivity contribution in [3.63, 3.8) is 0 Å². The van der Waals surface area contributed by atoms with Gasteiger partial charge in [0.1, 0.15) is 5.76 Å². The lowest BCUT2D eigenvalue weighted by Gasteiger charge is -2.17. The smallest absolute Gasteiger partial charge is 0.253 e. The zero-order chi connectivity index (χ0) is 20.1. The van der Waals surface area contributed by atoms with Crippen LogP contribution in [0.4, 0.5) is 5.69 Å². The highest BCUT2D eigenvalue weighted by Gasteiger charge is 2.25. The van der Waals surface area contributed by atoms with Gasteiger partial charge in [-0.25, -0.2) is 0 Å². The molecular weight excluding hydrogens is 366 g/mol. The molecule has 148 valence electrons. The summed E-state index contributed by atoms with van der Waals surface area (Å²) in [5.41, 5.74) is 1.98. The summed E-state index contributed by atoms with van der Waals surface area (Å²) >= 11 is 0. The average molecular weight is 389 g/mol. The normalized spacial score (nSPS) is 14.2. The van der Waals surface area contributed by atoms with Gasteiger partial charge in [0.05, 0.1) is 30.1 Å². The van der Waals surface area contributed by atoms with Gasteiger partial charge in [-0.3, -0.25) is 14.9 Å². The van der Waals surface area contributed by atoms with E-state index in [1.807, 2.05) is 42.5 Å². The summed E-state index contributed by atoms with van der Waals surface area (Å²) in [5, 5.41) is 9.04. The molecule has 1 aliphatic rings. The van der Waals surface area contributed by atoms with Crippen LogP contribution in [0, 0.1) is 0 Å². The molecule has 1 fully saturated rings. The molecule has 0 spiro atoms. The SMILES string of the molecule is O=C(CN[C@@H](c1ccccc1)c1ccco1)Nc1ccccc1C(=O)NC1CC1. The Morgan fingerprint density at radius 1 is 0.966 bits per heavy atom. The first kappa shape index (κ1) is 19.0. The Bertz CT molecular complexity index is 966. The Labute approximate surface area is 169 Å². The number of amides is 2. The molecule has 2 aromatic carbocycles. The molecule has 1 aliphatic carbocycles. The van der Waals surface area contributed by atoms with Gasteiger partial charge in [0, 0.05) is 6.04 Å². The molecule has 1 aromatic heterocycles. The number of benzene rings is 2. The van der Waals surface area contributed by atoms with Gasteiger partial charge in [-0.05, 0) is 42.7 Å². The van der Waals surface area contributed by atoms with E-state index in [9.17, 15) is 9.59 Å². The third-order valence-corrected chi connectivity index (χ3v) is 4.79. The van der Waals surface area contributed by atoms with Crippen LogP contribution < -0.4 is 16.0 Å². The van der Waals surface area contributed by atoms with Crippen molar-refractivity contribution in [2.24, 2.45) is 0 Å². The molecule has 0 bridgehead atoms. The van der Waals surface area contributed by atoms with Crippen LogP contribution in [-0.2, 0) is 4.79 Å². The lowest BCUT2D eigenvalue weighted by Crippen LogP contribution is -2.33. The van der Waals surface area contributed by atoms with Gasteiger partial charge in [0.25, 0.3) is 5.91 Å². The summed E-state index contributed by atoms with van der Waals surface area (Å²) in [6.45, 7) is 0.0683. The summed E-state index contributed by atoms with van der Waals surface area (Å²) in [4.78, 5) is 25.0. The second-order valence-electron chi connectivity index (χ2n) is 7.08. The summed E-state index contributed by atoms with van der Waals surface area (Å²) < 4.78 is 5.55. The van der Waals surface area contributed by atoms with Crippen molar-refractivity contribution < 1.29 is 14.0 Å². The largest absolute Gasteiger partial charge is 0.467 e. The fraction of sp³-hybridized carbons (Fsp3) is 0.217. The van der Waals surface area contributed by atoms with Gasteiger partial charge in [0.2, 0.25) is 5.91 Å². The van der Waals surface area contributed by atoms with Crippen LogP contribution in [0.1, 0.15) is 40.6 Å². The first-order valence-corrected chi connectivity index (χ1v) is 9.72. The maximum absolute atomic E-state index is 12.6. The summed E-state index contributed by atoms with van der Waals surface area (Å²) in [5.74, 6) is 0.339. The van der Waals surface area contributed by atoms with Crippen molar-refractivity contribution in [3.8, 4) is 0 Å². The van der Waals surface area contributed by atoms with Gasteiger partial charge in [-0.15, -0.1) is 0 Å². The maximum atomic E-state index is 12.6. The van der Waals surface area contributed by atoms with Crippen LogP contribution in [0.5, 0.6) is 0 Å². The Balaban J connectivity index is 1.42. The molecule has 4 rings (SSSR count). The van der Waals surface area contributed by atoms with E-state index in [0.717, 1.165) is 24.2 Å². The molecule has 2 amide bonds. The van der Waals surface area contributed by atoms with Gasteiger partial charge in [-0.1, -0.05) is 42.5 Å². The number of furan rings is 1. The quantitative estimate of drug-likeness (QED) is 0.551. The molecule has 1 saturated carbocycles. The highest BCUT2D eigenvalue weighted by molar-refractivity contribution is 6.04. The van der Waals surface area contributed by atoms with E-state index in [1.165, 1.54) is 0 Å². The number of rotatable bonds is 8. The summed E-state index contributed by atoms with van der Waals surface area (Å²) in [6.07, 6.45) is 3.64. The molecule has 0 saturated heterocycles. The minimum Gasteiger partial charge on any atom is -0.467 e. The van der Waals surface area contributed by atoms with Crippen LogP contribution in [-0.4, -0.2) is 24.4 Å². The monoisotopic (exact) mass is 389 g/mol. The number of anilines is 1. The van der Waals surface area contributed by atoms with Crippen LogP contribution in [0.2, 0.25) is 0 Å². The van der Waals surface area contributed by atoms with Gasteiger partial charge in [0.15, 0.2) is 0 Å². The number of hydrogen-bond donors (Lipinski definition) is 3. The van der Waals surface area contributed by atoms with Crippen molar-refractivity contribution in [2.75, 3.05) is 11.9 Å². The molecule has 6 nitrogen and oxygen atoms in total. The van der Waals surface area contributed by atoms with Crippen molar-refractivity contribution >= 4 is 17.5 Å². The summed E-state index contributed by atoms with van der Waals surface area (Å²) in [7, 11) is 0. The fourth-order valence-electron chi connectivity index (χ4n) is 3.15. The molecular formula is C23H23N3O3. The number of carbonyl (C=O) groups is 2. The standard InChI is InChI=1S/C23H23N3O3/c27-21(26-19-10-5-4-9-18(19)23(28)25-17-12-13-17)15-24-22(20-11-6-14-29-20)16-7-2-1-3-8-16/h1-11,14,17,22,24H,12-13,15H2,(H,25,28)(H,26,27)/t22-/m0/s1. The fourth-order valence-corrected chi connectivity index (χ4v) is 3.15. The molecule has 3 aromatic rings. The molecule has 0 unspecified atom stereocenters. The van der Waals surface area contributed by atoms with E-state index in [2.05, 4.69) is 16.0 Å². The minimum absolute atomic E-state index is 0.0683. The van der Waals surface area contributed by atoms with E-state index in [0.29, 0.717) is 11.3 Å². The Morgan fingerprint density at radius 2 is 1.72 bits per heavy atom. The number of carbonyl (C=O) groups excluding carboxylic acids is 2. The number of hydrogen-bond acceptors (Lipinski definition) is 4. The lowest BCUT2D eigenvalue weighted by atomic mass is 10.0. The Hall–Kier alpha value is -3.38. The lowest BCUT2D eigenvalue weighted by molar-refractivity contribution is -0.115. The van der Waals surface area contributed by atoms with Gasteiger partial charge in [-0.2, -0.15) is 0 Å². The average Bonchev–Trinajstić information content (AvgIpc) is 3.39. The van der Waals surface area contributed by atoms with E-state index < -0.39 is 0 Å². The second-order valence-corrected chi connectivity index (χ2v) is 7.08. The van der Waals surface area contributed by atoms with Crippen LogP contribution in [0.15, 0.2) is 77.4 Å². The number of para-hydroxylation sites is 1. The minimum atomic E-state index is -0.245.